The fourth-order valence-corrected chi connectivity index (χ4v) is 4.53. The first-order valence-electron chi connectivity index (χ1n) is 12.9. The number of nitrogens with one attached hydrogen (secondary N) is 1. The zero-order chi connectivity index (χ0) is 26.9. The molecule has 3 heteroatoms. The fourth-order valence-electron chi connectivity index (χ4n) is 4.53. The summed E-state index contributed by atoms with van der Waals surface area (Å²) in [6.45, 7) is 7.88. The Hall–Kier alpha value is -5.28. The summed E-state index contributed by atoms with van der Waals surface area (Å²) >= 11 is 0. The number of anilines is 7. The molecule has 5 aromatic carbocycles. The summed E-state index contributed by atoms with van der Waals surface area (Å²) in [7, 11) is 0. The van der Waals surface area contributed by atoms with Crippen molar-refractivity contribution in [2.45, 2.75) is 0 Å². The molecular weight excluding hydrogens is 474 g/mol. The first-order chi connectivity index (χ1) is 19.3. The third-order valence-electron chi connectivity index (χ3n) is 6.34. The van der Waals surface area contributed by atoms with Gasteiger partial charge in [0.2, 0.25) is 0 Å². The topological polar surface area (TPSA) is 18.5 Å². The highest BCUT2D eigenvalue weighted by atomic mass is 15.1. The van der Waals surface area contributed by atoms with Gasteiger partial charge in [0, 0.05) is 45.5 Å². The van der Waals surface area contributed by atoms with Gasteiger partial charge < -0.3 is 15.1 Å². The molecule has 0 aliphatic carbocycles. The van der Waals surface area contributed by atoms with Gasteiger partial charge in [0.05, 0.1) is 0 Å². The maximum atomic E-state index is 4.01. The SMILES string of the molecule is C=C/C=C(\C=C)N(c1ccccc1)c1ccc(Nc2ccc(N(c3ccccc3)c3ccccc3)cc2)cc1. The van der Waals surface area contributed by atoms with Gasteiger partial charge in [-0.15, -0.1) is 0 Å². The van der Waals surface area contributed by atoms with Gasteiger partial charge in [0.25, 0.3) is 0 Å². The smallest absolute Gasteiger partial charge is 0.0463 e. The van der Waals surface area contributed by atoms with E-state index in [0.717, 1.165) is 45.5 Å². The number of hydrogen-bond acceptors (Lipinski definition) is 3. The van der Waals surface area contributed by atoms with Crippen LogP contribution in [-0.4, -0.2) is 0 Å². The Labute approximate surface area is 231 Å². The predicted molar refractivity (Wildman–Crippen MR) is 168 cm³/mol. The molecule has 0 heterocycles. The Bertz CT molecular complexity index is 1480. The van der Waals surface area contributed by atoms with E-state index >= 15 is 0 Å². The summed E-state index contributed by atoms with van der Waals surface area (Å²) in [4.78, 5) is 4.42. The van der Waals surface area contributed by atoms with Crippen LogP contribution in [-0.2, 0) is 0 Å². The van der Waals surface area contributed by atoms with E-state index in [1.54, 1.807) is 6.08 Å². The van der Waals surface area contributed by atoms with Crippen LogP contribution in [0, 0.1) is 0 Å². The van der Waals surface area contributed by atoms with E-state index in [0.29, 0.717) is 0 Å². The Morgan fingerprint density at radius 3 is 1.31 bits per heavy atom. The first kappa shape index (κ1) is 25.4. The largest absolute Gasteiger partial charge is 0.356 e. The number of allylic oxidation sites excluding steroid dienone is 3. The quantitative estimate of drug-likeness (QED) is 0.190. The van der Waals surface area contributed by atoms with Gasteiger partial charge in [-0.25, -0.2) is 0 Å². The van der Waals surface area contributed by atoms with Crippen LogP contribution in [0.5, 0.6) is 0 Å². The number of rotatable bonds is 10. The monoisotopic (exact) mass is 505 g/mol. The highest BCUT2D eigenvalue weighted by molar-refractivity contribution is 5.78. The minimum Gasteiger partial charge on any atom is -0.356 e. The van der Waals surface area contributed by atoms with E-state index in [-0.39, 0.29) is 0 Å². The molecule has 0 bridgehead atoms. The van der Waals surface area contributed by atoms with Gasteiger partial charge in [-0.2, -0.15) is 0 Å². The number of benzene rings is 5. The zero-order valence-electron chi connectivity index (χ0n) is 21.8. The van der Waals surface area contributed by atoms with Crippen molar-refractivity contribution in [1.82, 2.24) is 0 Å². The fraction of sp³-hybridized carbons (Fsp3) is 0. The second kappa shape index (κ2) is 12.3. The summed E-state index contributed by atoms with van der Waals surface area (Å²) in [5.41, 5.74) is 8.41. The van der Waals surface area contributed by atoms with Gasteiger partial charge in [-0.3, -0.25) is 0 Å². The standard InChI is InChI=1S/C36H31N3/c1-3-14-31(4-2)38(32-15-8-5-9-16-32)35-25-21-29(22-26-35)37-30-23-27-36(28-24-30)39(33-17-10-6-11-18-33)34-19-12-7-13-20-34/h3-28,37H,1-2H2/b31-14+. The lowest BCUT2D eigenvalue weighted by atomic mass is 10.1. The van der Waals surface area contributed by atoms with Crippen LogP contribution in [0.15, 0.2) is 177 Å². The summed E-state index contributed by atoms with van der Waals surface area (Å²) in [6, 6.07) is 48.0. The molecular formula is C36H31N3. The highest BCUT2D eigenvalue weighted by Gasteiger charge is 2.13. The van der Waals surface area contributed by atoms with E-state index in [1.807, 2.05) is 42.5 Å². The van der Waals surface area contributed by atoms with Gasteiger partial charge in [-0.1, -0.05) is 73.8 Å². The second-order valence-corrected chi connectivity index (χ2v) is 8.93. The van der Waals surface area contributed by atoms with Gasteiger partial charge in [-0.05, 0) is 97.1 Å². The Balaban J connectivity index is 1.38. The summed E-state index contributed by atoms with van der Waals surface area (Å²) < 4.78 is 0. The molecule has 39 heavy (non-hydrogen) atoms. The average molecular weight is 506 g/mol. The van der Waals surface area contributed by atoms with Crippen molar-refractivity contribution in [2.24, 2.45) is 0 Å². The molecule has 5 aromatic rings. The van der Waals surface area contributed by atoms with E-state index in [2.05, 4.69) is 137 Å². The van der Waals surface area contributed by atoms with Crippen molar-refractivity contribution in [2.75, 3.05) is 15.1 Å². The molecule has 3 nitrogen and oxygen atoms in total. The van der Waals surface area contributed by atoms with Crippen LogP contribution in [0.1, 0.15) is 0 Å². The summed E-state index contributed by atoms with van der Waals surface area (Å²) in [5.74, 6) is 0. The number of para-hydroxylation sites is 3. The summed E-state index contributed by atoms with van der Waals surface area (Å²) in [6.07, 6.45) is 5.59. The Kier molecular flexibility index (Phi) is 8.01. The van der Waals surface area contributed by atoms with Crippen LogP contribution < -0.4 is 15.1 Å². The molecule has 1 N–H and O–H groups in total. The normalized spacial score (nSPS) is 10.9. The second-order valence-electron chi connectivity index (χ2n) is 8.93. The van der Waals surface area contributed by atoms with Crippen LogP contribution in [0.3, 0.4) is 0 Å². The van der Waals surface area contributed by atoms with Crippen molar-refractivity contribution in [3.63, 3.8) is 0 Å². The van der Waals surface area contributed by atoms with Crippen molar-refractivity contribution >= 4 is 39.8 Å². The first-order valence-corrected chi connectivity index (χ1v) is 12.9. The maximum absolute atomic E-state index is 4.01. The van der Waals surface area contributed by atoms with E-state index in [4.69, 9.17) is 0 Å². The molecule has 0 aliphatic rings. The predicted octanol–water partition coefficient (Wildman–Crippen LogP) is 10.3. The third-order valence-corrected chi connectivity index (χ3v) is 6.34. The molecule has 190 valence electrons. The molecule has 5 rings (SSSR count). The molecule has 0 saturated carbocycles. The lowest BCUT2D eigenvalue weighted by molar-refractivity contribution is 1.21. The van der Waals surface area contributed by atoms with E-state index in [9.17, 15) is 0 Å². The molecule has 0 saturated heterocycles. The minimum atomic E-state index is 0.953. The van der Waals surface area contributed by atoms with Crippen LogP contribution in [0.4, 0.5) is 39.8 Å². The molecule has 0 aliphatic heterocycles. The van der Waals surface area contributed by atoms with E-state index in [1.165, 1.54) is 0 Å². The van der Waals surface area contributed by atoms with Crippen molar-refractivity contribution in [3.05, 3.63) is 177 Å². The molecule has 0 unspecified atom stereocenters. The van der Waals surface area contributed by atoms with E-state index < -0.39 is 0 Å². The molecule has 0 spiro atoms. The van der Waals surface area contributed by atoms with Crippen molar-refractivity contribution in [1.29, 1.82) is 0 Å². The molecule has 0 radical (unpaired) electrons. The molecule has 0 atom stereocenters. The average Bonchev–Trinajstić information content (AvgIpc) is 3.00. The molecule has 0 fully saturated rings. The number of nitrogens with zero attached hydrogens (tertiary/aromatic N) is 2. The highest BCUT2D eigenvalue weighted by Crippen LogP contribution is 2.35. The van der Waals surface area contributed by atoms with Crippen LogP contribution in [0.25, 0.3) is 0 Å². The van der Waals surface area contributed by atoms with Gasteiger partial charge in [0.15, 0.2) is 0 Å². The number of hydrogen-bond donors (Lipinski definition) is 1. The van der Waals surface area contributed by atoms with Crippen LogP contribution >= 0.6 is 0 Å². The maximum Gasteiger partial charge on any atom is 0.0463 e. The minimum absolute atomic E-state index is 0.953. The lowest BCUT2D eigenvalue weighted by Crippen LogP contribution is -2.14. The molecule has 0 amide bonds. The zero-order valence-corrected chi connectivity index (χ0v) is 21.8. The van der Waals surface area contributed by atoms with Crippen molar-refractivity contribution < 1.29 is 0 Å². The van der Waals surface area contributed by atoms with Gasteiger partial charge >= 0.3 is 0 Å². The van der Waals surface area contributed by atoms with Crippen molar-refractivity contribution in [3.8, 4) is 0 Å². The van der Waals surface area contributed by atoms with Gasteiger partial charge in [0.1, 0.15) is 0 Å². The Morgan fingerprint density at radius 1 is 0.487 bits per heavy atom. The van der Waals surface area contributed by atoms with Crippen LogP contribution in [0.2, 0.25) is 0 Å². The molecule has 0 aromatic heterocycles. The third kappa shape index (κ3) is 6.00. The lowest BCUT2D eigenvalue weighted by Gasteiger charge is -2.26. The summed E-state index contributed by atoms with van der Waals surface area (Å²) in [5, 5.41) is 3.54. The Morgan fingerprint density at radius 2 is 0.872 bits per heavy atom.